The second-order valence-electron chi connectivity index (χ2n) is 5.06. The molecule has 2 rings (SSSR count). The number of carbonyl (C=O) groups is 1. The van der Waals surface area contributed by atoms with Crippen LogP contribution in [0.4, 0.5) is 0 Å². The summed E-state index contributed by atoms with van der Waals surface area (Å²) in [7, 11) is 0. The molecule has 1 amide bonds. The Bertz CT molecular complexity index is 393. The van der Waals surface area contributed by atoms with Crippen molar-refractivity contribution in [3.8, 4) is 0 Å². The number of nitrogens with one attached hydrogen (secondary N) is 2. The number of piperidine rings is 1. The van der Waals surface area contributed by atoms with Crippen LogP contribution in [-0.4, -0.2) is 23.5 Å². The van der Waals surface area contributed by atoms with Gasteiger partial charge in [0, 0.05) is 12.4 Å². The number of hydrogen-bond donors (Lipinski definition) is 2. The summed E-state index contributed by atoms with van der Waals surface area (Å²) >= 11 is 0. The zero-order valence-corrected chi connectivity index (χ0v) is 11.0. The van der Waals surface area contributed by atoms with Crippen LogP contribution in [0.1, 0.15) is 38.3 Å². The molecule has 0 aliphatic carbocycles. The van der Waals surface area contributed by atoms with E-state index in [9.17, 15) is 4.79 Å². The highest BCUT2D eigenvalue weighted by Crippen LogP contribution is 2.17. The van der Waals surface area contributed by atoms with Crippen molar-refractivity contribution in [2.24, 2.45) is 5.92 Å². The summed E-state index contributed by atoms with van der Waals surface area (Å²) in [6.07, 6.45) is 5.78. The standard InChI is InChI=1S/C14H21N3O/c1-10-4-3-7-16-13(10)14(18)17-11(2)12-5-8-15-9-6-12/h5-6,8-11,13,16H,3-4,7H2,1-2H3,(H,17,18)/t10?,11-,13?/m1/s1. The monoisotopic (exact) mass is 247 g/mol. The van der Waals surface area contributed by atoms with Gasteiger partial charge in [0.25, 0.3) is 0 Å². The Balaban J connectivity index is 1.94. The second kappa shape index (κ2) is 5.96. The first-order valence-corrected chi connectivity index (χ1v) is 6.62. The van der Waals surface area contributed by atoms with Crippen molar-refractivity contribution >= 4 is 5.91 Å². The van der Waals surface area contributed by atoms with Crippen molar-refractivity contribution in [3.05, 3.63) is 30.1 Å². The predicted molar refractivity (Wildman–Crippen MR) is 71.0 cm³/mol. The lowest BCUT2D eigenvalue weighted by Crippen LogP contribution is -2.51. The Morgan fingerprint density at radius 3 is 2.89 bits per heavy atom. The Morgan fingerprint density at radius 1 is 1.50 bits per heavy atom. The summed E-state index contributed by atoms with van der Waals surface area (Å²) in [5.41, 5.74) is 1.09. The molecule has 0 aromatic carbocycles. The van der Waals surface area contributed by atoms with Crippen molar-refractivity contribution in [3.63, 3.8) is 0 Å². The number of rotatable bonds is 3. The molecule has 1 aromatic rings. The molecular weight excluding hydrogens is 226 g/mol. The van der Waals surface area contributed by atoms with E-state index in [-0.39, 0.29) is 18.0 Å². The van der Waals surface area contributed by atoms with Crippen LogP contribution in [0, 0.1) is 5.92 Å². The first kappa shape index (κ1) is 13.0. The topological polar surface area (TPSA) is 54.0 Å². The number of nitrogens with zero attached hydrogens (tertiary/aromatic N) is 1. The molecule has 3 atom stereocenters. The molecule has 1 aliphatic heterocycles. The smallest absolute Gasteiger partial charge is 0.237 e. The molecule has 2 heterocycles. The fourth-order valence-corrected chi connectivity index (χ4v) is 2.44. The van der Waals surface area contributed by atoms with Crippen molar-refractivity contribution in [1.82, 2.24) is 15.6 Å². The SMILES string of the molecule is CC1CCCNC1C(=O)N[C@H](C)c1ccncc1. The summed E-state index contributed by atoms with van der Waals surface area (Å²) in [5, 5.41) is 6.37. The van der Waals surface area contributed by atoms with Gasteiger partial charge < -0.3 is 10.6 Å². The van der Waals surface area contributed by atoms with Gasteiger partial charge >= 0.3 is 0 Å². The van der Waals surface area contributed by atoms with E-state index in [1.165, 1.54) is 0 Å². The second-order valence-corrected chi connectivity index (χ2v) is 5.06. The van der Waals surface area contributed by atoms with Crippen LogP contribution in [0.2, 0.25) is 0 Å². The molecule has 4 nitrogen and oxygen atoms in total. The third-order valence-electron chi connectivity index (χ3n) is 3.62. The predicted octanol–water partition coefficient (Wildman–Crippen LogP) is 1.65. The third kappa shape index (κ3) is 3.07. The van der Waals surface area contributed by atoms with Gasteiger partial charge in [0.2, 0.25) is 5.91 Å². The minimum Gasteiger partial charge on any atom is -0.348 e. The molecule has 1 aromatic heterocycles. The first-order valence-electron chi connectivity index (χ1n) is 6.62. The summed E-state index contributed by atoms with van der Waals surface area (Å²) < 4.78 is 0. The minimum absolute atomic E-state index is 0.0245. The molecule has 1 aliphatic rings. The van der Waals surface area contributed by atoms with E-state index in [0.29, 0.717) is 5.92 Å². The van der Waals surface area contributed by atoms with E-state index >= 15 is 0 Å². The van der Waals surface area contributed by atoms with Gasteiger partial charge in [-0.3, -0.25) is 9.78 Å². The van der Waals surface area contributed by atoms with Crippen LogP contribution >= 0.6 is 0 Å². The van der Waals surface area contributed by atoms with Crippen LogP contribution < -0.4 is 10.6 Å². The van der Waals surface area contributed by atoms with Gasteiger partial charge in [0.15, 0.2) is 0 Å². The van der Waals surface area contributed by atoms with Gasteiger partial charge in [-0.2, -0.15) is 0 Å². The van der Waals surface area contributed by atoms with Crippen LogP contribution in [0.15, 0.2) is 24.5 Å². The summed E-state index contributed by atoms with van der Waals surface area (Å²) in [5.74, 6) is 0.509. The molecule has 0 bridgehead atoms. The maximum atomic E-state index is 12.2. The number of amides is 1. The highest BCUT2D eigenvalue weighted by Gasteiger charge is 2.28. The normalized spacial score (nSPS) is 25.4. The van der Waals surface area contributed by atoms with E-state index in [1.54, 1.807) is 12.4 Å². The highest BCUT2D eigenvalue weighted by molar-refractivity contribution is 5.82. The maximum absolute atomic E-state index is 12.2. The van der Waals surface area contributed by atoms with Crippen LogP contribution in [0.3, 0.4) is 0 Å². The van der Waals surface area contributed by atoms with Crippen LogP contribution in [0.5, 0.6) is 0 Å². The fraction of sp³-hybridized carbons (Fsp3) is 0.571. The largest absolute Gasteiger partial charge is 0.348 e. The first-order chi connectivity index (χ1) is 8.68. The van der Waals surface area contributed by atoms with Crippen molar-refractivity contribution in [2.45, 2.75) is 38.8 Å². The molecule has 18 heavy (non-hydrogen) atoms. The van der Waals surface area contributed by atoms with E-state index < -0.39 is 0 Å². The number of pyridine rings is 1. The van der Waals surface area contributed by atoms with Gasteiger partial charge in [-0.05, 0) is 49.9 Å². The van der Waals surface area contributed by atoms with E-state index in [4.69, 9.17) is 0 Å². The fourth-order valence-electron chi connectivity index (χ4n) is 2.44. The average Bonchev–Trinajstić information content (AvgIpc) is 2.40. The molecule has 1 saturated heterocycles. The van der Waals surface area contributed by atoms with Gasteiger partial charge in [-0.1, -0.05) is 6.92 Å². The van der Waals surface area contributed by atoms with Gasteiger partial charge in [0.1, 0.15) is 0 Å². The molecular formula is C14H21N3O. The highest BCUT2D eigenvalue weighted by atomic mass is 16.2. The van der Waals surface area contributed by atoms with E-state index in [0.717, 1.165) is 24.9 Å². The molecule has 2 unspecified atom stereocenters. The molecule has 0 saturated carbocycles. The Morgan fingerprint density at radius 2 is 2.22 bits per heavy atom. The zero-order valence-electron chi connectivity index (χ0n) is 11.0. The molecule has 98 valence electrons. The number of aromatic nitrogens is 1. The lowest BCUT2D eigenvalue weighted by molar-refractivity contribution is -0.125. The quantitative estimate of drug-likeness (QED) is 0.854. The Hall–Kier alpha value is -1.42. The number of carbonyl (C=O) groups excluding carboxylic acids is 1. The lowest BCUT2D eigenvalue weighted by Gasteiger charge is -2.30. The van der Waals surface area contributed by atoms with E-state index in [2.05, 4.69) is 22.5 Å². The van der Waals surface area contributed by atoms with Gasteiger partial charge in [-0.25, -0.2) is 0 Å². The Kier molecular flexibility index (Phi) is 4.31. The van der Waals surface area contributed by atoms with Crippen molar-refractivity contribution in [2.75, 3.05) is 6.54 Å². The van der Waals surface area contributed by atoms with Crippen LogP contribution in [0.25, 0.3) is 0 Å². The molecule has 2 N–H and O–H groups in total. The maximum Gasteiger partial charge on any atom is 0.237 e. The van der Waals surface area contributed by atoms with Crippen LogP contribution in [-0.2, 0) is 4.79 Å². The molecule has 1 fully saturated rings. The molecule has 0 radical (unpaired) electrons. The third-order valence-corrected chi connectivity index (χ3v) is 3.62. The zero-order chi connectivity index (χ0) is 13.0. The van der Waals surface area contributed by atoms with Crippen molar-refractivity contribution < 1.29 is 4.79 Å². The summed E-state index contributed by atoms with van der Waals surface area (Å²) in [6, 6.07) is 3.84. The number of hydrogen-bond acceptors (Lipinski definition) is 3. The Labute approximate surface area is 108 Å². The van der Waals surface area contributed by atoms with E-state index in [1.807, 2.05) is 19.1 Å². The lowest BCUT2D eigenvalue weighted by atomic mass is 9.92. The minimum atomic E-state index is -0.0527. The average molecular weight is 247 g/mol. The van der Waals surface area contributed by atoms with Gasteiger partial charge in [0.05, 0.1) is 12.1 Å². The molecule has 4 heteroatoms. The van der Waals surface area contributed by atoms with Crippen molar-refractivity contribution in [1.29, 1.82) is 0 Å². The summed E-state index contributed by atoms with van der Waals surface area (Å²) in [6.45, 7) is 5.07. The molecule has 0 spiro atoms. The summed E-state index contributed by atoms with van der Waals surface area (Å²) in [4.78, 5) is 16.2. The van der Waals surface area contributed by atoms with Gasteiger partial charge in [-0.15, -0.1) is 0 Å².